The van der Waals surface area contributed by atoms with Crippen molar-refractivity contribution in [2.24, 2.45) is 11.8 Å². The van der Waals surface area contributed by atoms with Crippen LogP contribution in [0.15, 0.2) is 0 Å². The number of carboxylic acid groups (broad SMARTS) is 1. The van der Waals surface area contributed by atoms with Crippen molar-refractivity contribution in [2.75, 3.05) is 6.54 Å². The lowest BCUT2D eigenvalue weighted by Gasteiger charge is -2.23. The van der Waals surface area contributed by atoms with Gasteiger partial charge in [-0.25, -0.2) is 14.5 Å². The molecule has 1 fully saturated rings. The smallest absolute Gasteiger partial charge is 0.328 e. The highest BCUT2D eigenvalue weighted by atomic mass is 16.4. The summed E-state index contributed by atoms with van der Waals surface area (Å²) in [4.78, 5) is 35.0. The van der Waals surface area contributed by atoms with Crippen molar-refractivity contribution >= 4 is 17.9 Å². The van der Waals surface area contributed by atoms with Gasteiger partial charge in [-0.05, 0) is 5.92 Å². The van der Waals surface area contributed by atoms with E-state index in [4.69, 9.17) is 5.11 Å². The van der Waals surface area contributed by atoms with Gasteiger partial charge in [0, 0.05) is 5.92 Å². The summed E-state index contributed by atoms with van der Waals surface area (Å²) in [7, 11) is 0. The van der Waals surface area contributed by atoms with Crippen LogP contribution in [-0.4, -0.2) is 40.5 Å². The zero-order chi connectivity index (χ0) is 12.5. The van der Waals surface area contributed by atoms with Gasteiger partial charge in [0.2, 0.25) is 5.91 Å². The first kappa shape index (κ1) is 12.5. The molecule has 0 aromatic carbocycles. The fourth-order valence-corrected chi connectivity index (χ4v) is 1.46. The molecule has 1 rings (SSSR count). The molecule has 0 aliphatic carbocycles. The number of carbonyl (C=O) groups excluding carboxylic acids is 2. The van der Waals surface area contributed by atoms with Crippen LogP contribution in [0.25, 0.3) is 0 Å². The van der Waals surface area contributed by atoms with Crippen LogP contribution in [0.5, 0.6) is 0 Å². The highest BCUT2D eigenvalue weighted by Gasteiger charge is 2.42. The van der Waals surface area contributed by atoms with Gasteiger partial charge in [-0.1, -0.05) is 20.8 Å². The number of hydrogen-bond donors (Lipinski definition) is 2. The van der Waals surface area contributed by atoms with Gasteiger partial charge >= 0.3 is 12.0 Å². The first-order valence-corrected chi connectivity index (χ1v) is 5.20. The van der Waals surface area contributed by atoms with Gasteiger partial charge in [0.05, 0.1) is 6.54 Å². The molecule has 2 atom stereocenters. The van der Waals surface area contributed by atoms with Crippen LogP contribution in [0.4, 0.5) is 4.79 Å². The average molecular weight is 228 g/mol. The Morgan fingerprint density at radius 1 is 1.44 bits per heavy atom. The molecule has 0 spiro atoms. The van der Waals surface area contributed by atoms with Gasteiger partial charge in [-0.2, -0.15) is 0 Å². The minimum absolute atomic E-state index is 0.0231. The van der Waals surface area contributed by atoms with E-state index in [1.165, 1.54) is 0 Å². The molecule has 0 radical (unpaired) electrons. The maximum Gasteiger partial charge on any atom is 0.328 e. The Labute approximate surface area is 93.6 Å². The molecule has 1 heterocycles. The van der Waals surface area contributed by atoms with Gasteiger partial charge < -0.3 is 10.4 Å². The fourth-order valence-electron chi connectivity index (χ4n) is 1.46. The molecule has 1 aliphatic heterocycles. The number of hydrogen-bond acceptors (Lipinski definition) is 3. The van der Waals surface area contributed by atoms with E-state index >= 15 is 0 Å². The van der Waals surface area contributed by atoms with E-state index in [0.29, 0.717) is 0 Å². The number of urea groups is 1. The molecule has 1 aliphatic rings. The molecule has 6 nitrogen and oxygen atoms in total. The molecule has 0 saturated carbocycles. The normalized spacial score (nSPS) is 22.1. The molecule has 2 N–H and O–H groups in total. The Morgan fingerprint density at radius 3 is 2.44 bits per heavy atom. The van der Waals surface area contributed by atoms with E-state index in [9.17, 15) is 14.4 Å². The summed E-state index contributed by atoms with van der Waals surface area (Å²) in [6.07, 6.45) is 0. The number of imide groups is 1. The van der Waals surface area contributed by atoms with Crippen molar-refractivity contribution in [1.82, 2.24) is 10.2 Å². The summed E-state index contributed by atoms with van der Waals surface area (Å²) in [5.41, 5.74) is 0. The van der Waals surface area contributed by atoms with Gasteiger partial charge in [0.1, 0.15) is 0 Å². The molecule has 16 heavy (non-hydrogen) atoms. The van der Waals surface area contributed by atoms with E-state index in [0.717, 1.165) is 4.90 Å². The molecule has 90 valence electrons. The number of aliphatic carboxylic acids is 1. The largest absolute Gasteiger partial charge is 0.480 e. The third kappa shape index (κ3) is 2.15. The van der Waals surface area contributed by atoms with Gasteiger partial charge in [-0.3, -0.25) is 4.79 Å². The van der Waals surface area contributed by atoms with Gasteiger partial charge in [0.25, 0.3) is 0 Å². The second-order valence-corrected chi connectivity index (χ2v) is 4.28. The van der Waals surface area contributed by atoms with Crippen LogP contribution >= 0.6 is 0 Å². The second-order valence-electron chi connectivity index (χ2n) is 4.28. The fraction of sp³-hybridized carbons (Fsp3) is 0.700. The molecular formula is C10H16N2O4. The van der Waals surface area contributed by atoms with Crippen molar-refractivity contribution < 1.29 is 19.5 Å². The predicted molar refractivity (Wildman–Crippen MR) is 55.7 cm³/mol. The monoisotopic (exact) mass is 228 g/mol. The Bertz CT molecular complexity index is 327. The number of carbonyl (C=O) groups is 3. The zero-order valence-corrected chi connectivity index (χ0v) is 9.56. The summed E-state index contributed by atoms with van der Waals surface area (Å²) in [6.45, 7) is 5.38. The summed E-state index contributed by atoms with van der Waals surface area (Å²) in [5.74, 6) is -1.90. The summed E-state index contributed by atoms with van der Waals surface area (Å²) in [6, 6.07) is -1.70. The number of carboxylic acids is 1. The lowest BCUT2D eigenvalue weighted by molar-refractivity contribution is -0.147. The summed E-state index contributed by atoms with van der Waals surface area (Å²) < 4.78 is 0. The quantitative estimate of drug-likeness (QED) is 0.726. The molecule has 0 aromatic rings. The minimum atomic E-state index is -1.16. The van der Waals surface area contributed by atoms with Crippen LogP contribution < -0.4 is 5.32 Å². The third-order valence-corrected chi connectivity index (χ3v) is 2.89. The van der Waals surface area contributed by atoms with Crippen LogP contribution in [-0.2, 0) is 9.59 Å². The number of amides is 3. The first-order chi connectivity index (χ1) is 7.36. The van der Waals surface area contributed by atoms with Crippen molar-refractivity contribution in [3.05, 3.63) is 0 Å². The Morgan fingerprint density at radius 2 is 2.00 bits per heavy atom. The molecule has 1 saturated heterocycles. The zero-order valence-electron chi connectivity index (χ0n) is 9.56. The van der Waals surface area contributed by atoms with Crippen LogP contribution in [0.1, 0.15) is 20.8 Å². The minimum Gasteiger partial charge on any atom is -0.480 e. The van der Waals surface area contributed by atoms with E-state index in [-0.39, 0.29) is 18.4 Å². The lowest BCUT2D eigenvalue weighted by Crippen LogP contribution is -2.46. The molecule has 2 unspecified atom stereocenters. The van der Waals surface area contributed by atoms with Crippen LogP contribution in [0, 0.1) is 11.8 Å². The van der Waals surface area contributed by atoms with E-state index in [1.54, 1.807) is 6.92 Å². The maximum atomic E-state index is 11.9. The van der Waals surface area contributed by atoms with E-state index in [1.807, 2.05) is 13.8 Å². The van der Waals surface area contributed by atoms with Gasteiger partial charge in [-0.15, -0.1) is 0 Å². The van der Waals surface area contributed by atoms with E-state index < -0.39 is 23.9 Å². The molecular weight excluding hydrogens is 212 g/mol. The second kappa shape index (κ2) is 4.51. The standard InChI is InChI=1S/C10H16N2O4/c1-5(2)6(3)8(13)12-7(9(14)15)4-11-10(12)16/h5-7H,4H2,1-3H3,(H,11,16)(H,14,15). The van der Waals surface area contributed by atoms with Gasteiger partial charge in [0.15, 0.2) is 6.04 Å². The lowest BCUT2D eigenvalue weighted by atomic mass is 9.96. The topological polar surface area (TPSA) is 86.7 Å². The predicted octanol–water partition coefficient (Wildman–Crippen LogP) is 0.284. The number of nitrogens with zero attached hydrogens (tertiary/aromatic N) is 1. The van der Waals surface area contributed by atoms with Crippen molar-refractivity contribution in [3.8, 4) is 0 Å². The summed E-state index contributed by atoms with van der Waals surface area (Å²) in [5, 5.41) is 11.2. The third-order valence-electron chi connectivity index (χ3n) is 2.89. The van der Waals surface area contributed by atoms with Crippen LogP contribution in [0.2, 0.25) is 0 Å². The Kier molecular flexibility index (Phi) is 3.51. The summed E-state index contributed by atoms with van der Waals surface area (Å²) >= 11 is 0. The van der Waals surface area contributed by atoms with E-state index in [2.05, 4.69) is 5.32 Å². The van der Waals surface area contributed by atoms with Crippen molar-refractivity contribution in [3.63, 3.8) is 0 Å². The molecule has 6 heteroatoms. The molecule has 0 bridgehead atoms. The Hall–Kier alpha value is -1.59. The average Bonchev–Trinajstić information content (AvgIpc) is 2.57. The maximum absolute atomic E-state index is 11.9. The first-order valence-electron chi connectivity index (χ1n) is 5.20. The Balaban J connectivity index is 2.87. The SMILES string of the molecule is CC(C)C(C)C(=O)N1C(=O)NCC1C(=O)O. The number of nitrogens with one attached hydrogen (secondary N) is 1. The van der Waals surface area contributed by atoms with Crippen LogP contribution in [0.3, 0.4) is 0 Å². The number of rotatable bonds is 3. The van der Waals surface area contributed by atoms with Crippen molar-refractivity contribution in [2.45, 2.75) is 26.8 Å². The van der Waals surface area contributed by atoms with Crippen molar-refractivity contribution in [1.29, 1.82) is 0 Å². The highest BCUT2D eigenvalue weighted by Crippen LogP contribution is 2.18. The highest BCUT2D eigenvalue weighted by molar-refractivity contribution is 6.01. The molecule has 3 amide bonds. The molecule has 0 aromatic heterocycles.